The SMILES string of the molecule is CCOC(=O)C[C@H]1C(=O)NCCN1C(=S)NC(=O)c1ccc(Br)o1. The van der Waals surface area contributed by atoms with E-state index in [1.807, 2.05) is 0 Å². The van der Waals surface area contributed by atoms with Crippen LogP contribution in [0.25, 0.3) is 0 Å². The molecule has 0 aliphatic carbocycles. The average Bonchev–Trinajstić information content (AvgIpc) is 2.96. The standard InChI is InChI=1S/C14H16BrN3O5S/c1-2-22-11(19)7-8-12(20)16-5-6-18(8)14(24)17-13(21)9-3-4-10(15)23-9/h3-4,8H,2,5-7H2,1H3,(H,16,20)(H,17,21,24)/t8-/m0/s1. The molecule has 8 nitrogen and oxygen atoms in total. The molecule has 1 aromatic heterocycles. The lowest BCUT2D eigenvalue weighted by atomic mass is 10.1. The van der Waals surface area contributed by atoms with Crippen LogP contribution in [0.3, 0.4) is 0 Å². The van der Waals surface area contributed by atoms with Crippen LogP contribution >= 0.6 is 28.1 Å². The molecule has 0 bridgehead atoms. The van der Waals surface area contributed by atoms with Gasteiger partial charge in [0, 0.05) is 13.1 Å². The van der Waals surface area contributed by atoms with Crippen molar-refractivity contribution < 1.29 is 23.5 Å². The first-order valence-electron chi connectivity index (χ1n) is 7.23. The number of halogens is 1. The topological polar surface area (TPSA) is 101 Å². The summed E-state index contributed by atoms with van der Waals surface area (Å²) in [7, 11) is 0. The summed E-state index contributed by atoms with van der Waals surface area (Å²) >= 11 is 8.32. The summed E-state index contributed by atoms with van der Waals surface area (Å²) in [6, 6.07) is 2.24. The maximum Gasteiger partial charge on any atom is 0.308 e. The number of nitrogens with zero attached hydrogens (tertiary/aromatic N) is 1. The molecule has 1 aliphatic rings. The Morgan fingerprint density at radius 1 is 1.54 bits per heavy atom. The number of hydrogen-bond acceptors (Lipinski definition) is 6. The predicted octanol–water partition coefficient (Wildman–Crippen LogP) is 0.810. The number of thiocarbonyl (C=S) groups is 1. The molecule has 2 amide bonds. The van der Waals surface area contributed by atoms with Gasteiger partial charge in [0.25, 0.3) is 5.91 Å². The third-order valence-electron chi connectivity index (χ3n) is 3.27. The zero-order valence-electron chi connectivity index (χ0n) is 12.8. The molecule has 2 rings (SSSR count). The van der Waals surface area contributed by atoms with E-state index in [0.717, 1.165) is 0 Å². The number of piperazine rings is 1. The Bertz CT molecular complexity index is 663. The molecule has 1 atom stereocenters. The number of rotatable bonds is 4. The highest BCUT2D eigenvalue weighted by atomic mass is 79.9. The van der Waals surface area contributed by atoms with Crippen molar-refractivity contribution in [3.63, 3.8) is 0 Å². The van der Waals surface area contributed by atoms with Gasteiger partial charge in [-0.3, -0.25) is 19.7 Å². The van der Waals surface area contributed by atoms with E-state index in [4.69, 9.17) is 21.4 Å². The molecule has 1 saturated heterocycles. The van der Waals surface area contributed by atoms with E-state index in [9.17, 15) is 14.4 Å². The fraction of sp³-hybridized carbons (Fsp3) is 0.429. The molecule has 0 unspecified atom stereocenters. The second-order valence-electron chi connectivity index (χ2n) is 4.87. The lowest BCUT2D eigenvalue weighted by molar-refractivity contribution is -0.147. The maximum absolute atomic E-state index is 12.1. The predicted molar refractivity (Wildman–Crippen MR) is 91.2 cm³/mol. The largest absolute Gasteiger partial charge is 0.466 e. The Balaban J connectivity index is 2.05. The number of amides is 2. The number of hydrogen-bond donors (Lipinski definition) is 2. The molecule has 0 aromatic carbocycles. The Hall–Kier alpha value is -1.94. The van der Waals surface area contributed by atoms with Crippen LogP contribution in [0.15, 0.2) is 21.2 Å². The minimum absolute atomic E-state index is 0.0525. The molecule has 130 valence electrons. The van der Waals surface area contributed by atoms with Gasteiger partial charge in [0.1, 0.15) is 6.04 Å². The normalized spacial score (nSPS) is 17.2. The van der Waals surface area contributed by atoms with Gasteiger partial charge < -0.3 is 19.4 Å². The van der Waals surface area contributed by atoms with Gasteiger partial charge in [-0.05, 0) is 47.2 Å². The van der Waals surface area contributed by atoms with Crippen molar-refractivity contribution in [2.75, 3.05) is 19.7 Å². The molecule has 0 spiro atoms. The van der Waals surface area contributed by atoms with Gasteiger partial charge in [-0.15, -0.1) is 0 Å². The fourth-order valence-electron chi connectivity index (χ4n) is 2.21. The smallest absolute Gasteiger partial charge is 0.308 e. The van der Waals surface area contributed by atoms with E-state index >= 15 is 0 Å². The number of esters is 1. The average molecular weight is 418 g/mol. The summed E-state index contributed by atoms with van der Waals surface area (Å²) in [6.07, 6.45) is -0.151. The minimum Gasteiger partial charge on any atom is -0.466 e. The molecule has 1 aromatic rings. The molecular weight excluding hydrogens is 402 g/mol. The summed E-state index contributed by atoms with van der Waals surface area (Å²) in [6.45, 7) is 2.64. The lowest BCUT2D eigenvalue weighted by Gasteiger charge is -2.36. The van der Waals surface area contributed by atoms with Crippen molar-refractivity contribution in [1.29, 1.82) is 0 Å². The second-order valence-corrected chi connectivity index (χ2v) is 6.04. The van der Waals surface area contributed by atoms with Gasteiger partial charge in [0.05, 0.1) is 13.0 Å². The lowest BCUT2D eigenvalue weighted by Crippen LogP contribution is -2.60. The molecule has 0 radical (unpaired) electrons. The molecule has 0 saturated carbocycles. The van der Waals surface area contributed by atoms with Gasteiger partial charge in [0.15, 0.2) is 15.5 Å². The number of carbonyl (C=O) groups excluding carboxylic acids is 3. The van der Waals surface area contributed by atoms with Crippen LogP contribution in [0.2, 0.25) is 0 Å². The Morgan fingerprint density at radius 2 is 2.29 bits per heavy atom. The number of carbonyl (C=O) groups is 3. The van der Waals surface area contributed by atoms with Crippen LogP contribution in [0.4, 0.5) is 0 Å². The number of ether oxygens (including phenoxy) is 1. The van der Waals surface area contributed by atoms with Crippen molar-refractivity contribution >= 4 is 51.0 Å². The van der Waals surface area contributed by atoms with E-state index in [0.29, 0.717) is 17.8 Å². The molecular formula is C14H16BrN3O5S. The Labute approximate surface area is 152 Å². The van der Waals surface area contributed by atoms with Crippen LogP contribution in [-0.2, 0) is 14.3 Å². The first kappa shape index (κ1) is 18.4. The summed E-state index contributed by atoms with van der Waals surface area (Å²) < 4.78 is 10.4. The zero-order valence-corrected chi connectivity index (χ0v) is 15.2. The van der Waals surface area contributed by atoms with Gasteiger partial charge in [-0.25, -0.2) is 0 Å². The van der Waals surface area contributed by atoms with E-state index in [1.54, 1.807) is 13.0 Å². The van der Waals surface area contributed by atoms with E-state index in [-0.39, 0.29) is 29.8 Å². The highest BCUT2D eigenvalue weighted by Crippen LogP contribution is 2.15. The third kappa shape index (κ3) is 4.54. The Morgan fingerprint density at radius 3 is 2.92 bits per heavy atom. The van der Waals surface area contributed by atoms with Crippen molar-refractivity contribution in [2.45, 2.75) is 19.4 Å². The molecule has 2 N–H and O–H groups in total. The zero-order chi connectivity index (χ0) is 17.7. The van der Waals surface area contributed by atoms with Gasteiger partial charge in [0.2, 0.25) is 5.91 Å². The van der Waals surface area contributed by atoms with Gasteiger partial charge in [-0.1, -0.05) is 0 Å². The highest BCUT2D eigenvalue weighted by molar-refractivity contribution is 9.10. The quantitative estimate of drug-likeness (QED) is 0.551. The Kier molecular flexibility index (Phi) is 6.32. The van der Waals surface area contributed by atoms with Crippen molar-refractivity contribution in [3.8, 4) is 0 Å². The second kappa shape index (κ2) is 8.25. The van der Waals surface area contributed by atoms with E-state index < -0.39 is 17.9 Å². The van der Waals surface area contributed by atoms with Gasteiger partial charge in [-0.2, -0.15) is 0 Å². The van der Waals surface area contributed by atoms with Crippen molar-refractivity contribution in [1.82, 2.24) is 15.5 Å². The van der Waals surface area contributed by atoms with Crippen LogP contribution < -0.4 is 10.6 Å². The van der Waals surface area contributed by atoms with Crippen molar-refractivity contribution in [3.05, 3.63) is 22.6 Å². The molecule has 2 heterocycles. The fourth-order valence-corrected chi connectivity index (χ4v) is 2.82. The highest BCUT2D eigenvalue weighted by Gasteiger charge is 2.34. The first-order chi connectivity index (χ1) is 11.4. The number of furan rings is 1. The third-order valence-corrected chi connectivity index (χ3v) is 4.04. The minimum atomic E-state index is -0.825. The molecule has 24 heavy (non-hydrogen) atoms. The van der Waals surface area contributed by atoms with Gasteiger partial charge >= 0.3 is 5.97 Å². The monoisotopic (exact) mass is 417 g/mol. The van der Waals surface area contributed by atoms with E-state index in [1.165, 1.54) is 11.0 Å². The van der Waals surface area contributed by atoms with Crippen LogP contribution in [0.5, 0.6) is 0 Å². The summed E-state index contributed by atoms with van der Waals surface area (Å²) in [4.78, 5) is 37.3. The molecule has 1 fully saturated rings. The molecule has 1 aliphatic heterocycles. The van der Waals surface area contributed by atoms with Crippen molar-refractivity contribution in [2.24, 2.45) is 0 Å². The first-order valence-corrected chi connectivity index (χ1v) is 8.43. The molecule has 10 heteroatoms. The summed E-state index contributed by atoms with van der Waals surface area (Å²) in [5.74, 6) is -1.31. The summed E-state index contributed by atoms with van der Waals surface area (Å²) in [5.41, 5.74) is 0. The summed E-state index contributed by atoms with van der Waals surface area (Å²) in [5, 5.41) is 5.23. The van der Waals surface area contributed by atoms with E-state index in [2.05, 4.69) is 26.6 Å². The number of nitrogens with one attached hydrogen (secondary N) is 2. The van der Waals surface area contributed by atoms with Crippen LogP contribution in [0, 0.1) is 0 Å². The maximum atomic E-state index is 12.1. The van der Waals surface area contributed by atoms with Crippen LogP contribution in [-0.4, -0.2) is 53.5 Å². The van der Waals surface area contributed by atoms with Crippen LogP contribution in [0.1, 0.15) is 23.9 Å².